The quantitative estimate of drug-likeness (QED) is 0.233. The number of nitrogens with one attached hydrogen (secondary N) is 2. The third kappa shape index (κ3) is 7.25. The Labute approximate surface area is 255 Å². The fraction of sp³-hybridized carbons (Fsp3) is 0.457. The van der Waals surface area contributed by atoms with Crippen LogP contribution in [0.1, 0.15) is 54.9 Å². The van der Waals surface area contributed by atoms with Crippen molar-refractivity contribution in [2.75, 3.05) is 40.8 Å². The molecule has 2 heterocycles. The minimum Gasteiger partial charge on any atom is -0.489 e. The normalized spacial score (nSPS) is 19.2. The van der Waals surface area contributed by atoms with Crippen LogP contribution >= 0.6 is 0 Å². The molecule has 230 valence electrons. The van der Waals surface area contributed by atoms with Gasteiger partial charge < -0.3 is 29.0 Å². The van der Waals surface area contributed by atoms with Crippen LogP contribution in [-0.4, -0.2) is 73.9 Å². The van der Waals surface area contributed by atoms with Gasteiger partial charge in [0.15, 0.2) is 0 Å². The summed E-state index contributed by atoms with van der Waals surface area (Å²) in [5.74, 6) is 2.04. The summed E-state index contributed by atoms with van der Waals surface area (Å²) in [6.07, 6.45) is 12.3. The van der Waals surface area contributed by atoms with E-state index in [0.717, 1.165) is 61.3 Å². The van der Waals surface area contributed by atoms with Crippen LogP contribution in [0, 0.1) is 0 Å². The molecule has 2 aliphatic rings. The maximum absolute atomic E-state index is 12.6. The van der Waals surface area contributed by atoms with Crippen molar-refractivity contribution in [1.29, 1.82) is 0 Å². The molecule has 5 rings (SSSR count). The van der Waals surface area contributed by atoms with E-state index in [1.165, 1.54) is 22.3 Å². The van der Waals surface area contributed by atoms with Crippen LogP contribution in [0.5, 0.6) is 11.5 Å². The Morgan fingerprint density at radius 1 is 1.09 bits per heavy atom. The molecule has 2 aromatic carbocycles. The summed E-state index contributed by atoms with van der Waals surface area (Å²) in [6.45, 7) is 7.54. The number of rotatable bonds is 13. The Morgan fingerprint density at radius 3 is 2.72 bits per heavy atom. The standard InChI is InChI=1S/C35H46N4O4/c1-6-10-24-13-14-26(23-39(5)7-2)32-28-16-15-27(21-31(28)43-34(24)32)42-35(40)36-18-9-20-41-30-12-8-11-29-33(30)25(22-37-29)17-19-38(3)4/h8-9,11-16,18,22,27-28,31,37H,6-7,10,17,19-21,23H2,1-5H3,(H,36,40)/b18-9+/t27-,28+,31?/m1/s1. The number of benzene rings is 2. The third-order valence-corrected chi connectivity index (χ3v) is 8.36. The highest BCUT2D eigenvalue weighted by Gasteiger charge is 2.40. The van der Waals surface area contributed by atoms with Crippen LogP contribution in [0.2, 0.25) is 0 Å². The molecule has 3 aromatic rings. The Balaban J connectivity index is 1.15. The minimum atomic E-state index is -0.490. The summed E-state index contributed by atoms with van der Waals surface area (Å²) in [4.78, 5) is 20.4. The van der Waals surface area contributed by atoms with Crippen molar-refractivity contribution in [1.82, 2.24) is 20.1 Å². The molecule has 1 aliphatic carbocycles. The monoisotopic (exact) mass is 586 g/mol. The van der Waals surface area contributed by atoms with E-state index in [9.17, 15) is 4.79 Å². The van der Waals surface area contributed by atoms with Crippen molar-refractivity contribution in [3.05, 3.63) is 83.2 Å². The number of aromatic amines is 1. The van der Waals surface area contributed by atoms with E-state index in [-0.39, 0.29) is 18.1 Å². The van der Waals surface area contributed by atoms with E-state index in [2.05, 4.69) is 85.6 Å². The first kappa shape index (κ1) is 30.7. The number of likely N-dealkylation sites (N-methyl/N-ethyl adjacent to an activating group) is 1. The van der Waals surface area contributed by atoms with Gasteiger partial charge in [-0.1, -0.05) is 44.5 Å². The number of amides is 1. The van der Waals surface area contributed by atoms with Crippen LogP contribution in [0.15, 0.2) is 61.0 Å². The molecular weight excluding hydrogens is 540 g/mol. The highest BCUT2D eigenvalue weighted by molar-refractivity contribution is 5.89. The molecule has 0 saturated heterocycles. The molecule has 0 fully saturated rings. The number of aryl methyl sites for hydroxylation is 1. The van der Waals surface area contributed by atoms with Gasteiger partial charge in [-0.3, -0.25) is 5.32 Å². The predicted molar refractivity (Wildman–Crippen MR) is 172 cm³/mol. The van der Waals surface area contributed by atoms with Gasteiger partial charge in [0, 0.05) is 54.3 Å². The number of ether oxygens (including phenoxy) is 3. The van der Waals surface area contributed by atoms with E-state index in [1.807, 2.05) is 18.2 Å². The molecule has 0 saturated carbocycles. The fourth-order valence-corrected chi connectivity index (χ4v) is 6.03. The number of carbonyl (C=O) groups is 1. The lowest BCUT2D eigenvalue weighted by Crippen LogP contribution is -2.33. The summed E-state index contributed by atoms with van der Waals surface area (Å²) in [5, 5.41) is 3.83. The Kier molecular flexibility index (Phi) is 10.1. The number of nitrogens with zero attached hydrogens (tertiary/aromatic N) is 2. The van der Waals surface area contributed by atoms with Crippen LogP contribution in [-0.2, 0) is 24.1 Å². The van der Waals surface area contributed by atoms with Crippen molar-refractivity contribution in [2.45, 2.75) is 64.2 Å². The van der Waals surface area contributed by atoms with Gasteiger partial charge in [0.05, 0.1) is 0 Å². The van der Waals surface area contributed by atoms with Crippen LogP contribution in [0.4, 0.5) is 4.79 Å². The number of hydrogen-bond donors (Lipinski definition) is 2. The molecule has 43 heavy (non-hydrogen) atoms. The van der Waals surface area contributed by atoms with Crippen molar-refractivity contribution in [3.8, 4) is 11.5 Å². The SMILES string of the molecule is CCCc1ccc(CN(C)CC)c2c1OC1C[C@H](OC(=O)N/C=C/COc3cccc4[nH]cc(CCN(C)C)c34)C=C[C@H]21. The highest BCUT2D eigenvalue weighted by atomic mass is 16.6. The Bertz CT molecular complexity index is 1460. The molecule has 0 radical (unpaired) electrons. The first-order chi connectivity index (χ1) is 20.9. The van der Waals surface area contributed by atoms with Crippen molar-refractivity contribution in [2.24, 2.45) is 0 Å². The van der Waals surface area contributed by atoms with Gasteiger partial charge in [-0.25, -0.2) is 4.79 Å². The topological polar surface area (TPSA) is 79.1 Å². The van der Waals surface area contributed by atoms with E-state index >= 15 is 0 Å². The second-order valence-corrected chi connectivity index (χ2v) is 11.9. The van der Waals surface area contributed by atoms with Gasteiger partial charge in [0.1, 0.15) is 30.3 Å². The highest BCUT2D eigenvalue weighted by Crippen LogP contribution is 2.47. The Morgan fingerprint density at radius 2 is 1.93 bits per heavy atom. The van der Waals surface area contributed by atoms with Gasteiger partial charge in [0.25, 0.3) is 0 Å². The molecule has 1 amide bonds. The lowest BCUT2D eigenvalue weighted by Gasteiger charge is -2.26. The lowest BCUT2D eigenvalue weighted by molar-refractivity contribution is 0.0834. The fourth-order valence-electron chi connectivity index (χ4n) is 6.03. The van der Waals surface area contributed by atoms with Gasteiger partial charge >= 0.3 is 6.09 Å². The first-order valence-corrected chi connectivity index (χ1v) is 15.5. The average Bonchev–Trinajstić information content (AvgIpc) is 3.59. The van der Waals surface area contributed by atoms with Gasteiger partial charge in [-0.05, 0) is 81.5 Å². The van der Waals surface area contributed by atoms with Crippen molar-refractivity contribution >= 4 is 17.0 Å². The first-order valence-electron chi connectivity index (χ1n) is 15.5. The number of alkyl carbamates (subject to hydrolysis) is 1. The second kappa shape index (κ2) is 14.1. The van der Waals surface area contributed by atoms with Crippen LogP contribution in [0.25, 0.3) is 10.9 Å². The summed E-state index contributed by atoms with van der Waals surface area (Å²) < 4.78 is 18.4. The Hall–Kier alpha value is -3.75. The van der Waals surface area contributed by atoms with Crippen molar-refractivity contribution < 1.29 is 19.0 Å². The smallest absolute Gasteiger partial charge is 0.411 e. The number of H-pyrrole nitrogens is 1. The second-order valence-electron chi connectivity index (χ2n) is 11.9. The van der Waals surface area contributed by atoms with Gasteiger partial charge in [-0.15, -0.1) is 0 Å². The number of aromatic nitrogens is 1. The molecule has 1 aromatic heterocycles. The number of fused-ring (bicyclic) bond motifs is 4. The maximum Gasteiger partial charge on any atom is 0.411 e. The van der Waals surface area contributed by atoms with Gasteiger partial charge in [0.2, 0.25) is 0 Å². The lowest BCUT2D eigenvalue weighted by atomic mass is 9.84. The van der Waals surface area contributed by atoms with E-state index in [4.69, 9.17) is 14.2 Å². The maximum atomic E-state index is 12.6. The summed E-state index contributed by atoms with van der Waals surface area (Å²) >= 11 is 0. The average molecular weight is 587 g/mol. The van der Waals surface area contributed by atoms with Crippen LogP contribution < -0.4 is 14.8 Å². The zero-order valence-corrected chi connectivity index (χ0v) is 26.2. The van der Waals surface area contributed by atoms with E-state index < -0.39 is 6.09 Å². The summed E-state index contributed by atoms with van der Waals surface area (Å²) in [6, 6.07) is 10.5. The third-order valence-electron chi connectivity index (χ3n) is 8.36. The molecule has 1 aliphatic heterocycles. The largest absolute Gasteiger partial charge is 0.489 e. The molecule has 1 unspecified atom stereocenters. The van der Waals surface area contributed by atoms with Crippen molar-refractivity contribution in [3.63, 3.8) is 0 Å². The summed E-state index contributed by atoms with van der Waals surface area (Å²) in [5.41, 5.74) is 6.17. The molecule has 0 spiro atoms. The molecule has 3 atom stereocenters. The van der Waals surface area contributed by atoms with E-state index in [1.54, 1.807) is 12.3 Å². The minimum absolute atomic E-state index is 0.0378. The molecule has 2 N–H and O–H groups in total. The summed E-state index contributed by atoms with van der Waals surface area (Å²) in [7, 11) is 6.29. The zero-order valence-electron chi connectivity index (χ0n) is 26.2. The zero-order chi connectivity index (χ0) is 30.3. The molecular formula is C35H46N4O4. The van der Waals surface area contributed by atoms with Gasteiger partial charge in [-0.2, -0.15) is 0 Å². The molecule has 0 bridgehead atoms. The van der Waals surface area contributed by atoms with Crippen LogP contribution in [0.3, 0.4) is 0 Å². The number of carbonyl (C=O) groups excluding carboxylic acids is 1. The number of hydrogen-bond acceptors (Lipinski definition) is 6. The predicted octanol–water partition coefficient (Wildman–Crippen LogP) is 6.17. The molecule has 8 heteroatoms. The van der Waals surface area contributed by atoms with E-state index in [0.29, 0.717) is 13.0 Å². The molecule has 8 nitrogen and oxygen atoms in total.